The van der Waals surface area contributed by atoms with E-state index < -0.39 is 5.97 Å². The van der Waals surface area contributed by atoms with Gasteiger partial charge in [-0.2, -0.15) is 0 Å². The van der Waals surface area contributed by atoms with Gasteiger partial charge in [-0.3, -0.25) is 0 Å². The molecule has 0 atom stereocenters. The number of carboxylic acids is 1. The predicted molar refractivity (Wildman–Crippen MR) is 60.1 cm³/mol. The van der Waals surface area contributed by atoms with Crippen molar-refractivity contribution in [2.24, 2.45) is 0 Å². The van der Waals surface area contributed by atoms with Crippen LogP contribution in [0.15, 0.2) is 18.3 Å². The van der Waals surface area contributed by atoms with E-state index in [1.807, 2.05) is 0 Å². The van der Waals surface area contributed by atoms with Crippen LogP contribution < -0.4 is 4.74 Å². The summed E-state index contributed by atoms with van der Waals surface area (Å²) in [6.45, 7) is 2.72. The molecule has 0 radical (unpaired) electrons. The Morgan fingerprint density at radius 2 is 2.27 bits per heavy atom. The zero-order valence-corrected chi connectivity index (χ0v) is 8.06. The summed E-state index contributed by atoms with van der Waals surface area (Å²) in [6, 6.07) is 3.05. The van der Waals surface area contributed by atoms with Crippen LogP contribution in [0.5, 0.6) is 5.75 Å². The van der Waals surface area contributed by atoms with Crippen LogP contribution in [0.25, 0.3) is 0 Å². The van der Waals surface area contributed by atoms with Crippen molar-refractivity contribution in [3.63, 3.8) is 0 Å². The number of aromatic carboxylic acids is 1. The summed E-state index contributed by atoms with van der Waals surface area (Å²) in [5, 5.41) is 8.59. The van der Waals surface area contributed by atoms with Crippen molar-refractivity contribution in [3.8, 4) is 5.75 Å². The normalized spacial score (nSPS) is 9.13. The van der Waals surface area contributed by atoms with Crippen molar-refractivity contribution >= 4 is 43.7 Å². The van der Waals surface area contributed by atoms with Crippen molar-refractivity contribution in [3.05, 3.63) is 24.0 Å². The van der Waals surface area contributed by atoms with E-state index >= 15 is 0 Å². The van der Waals surface area contributed by atoms with Crippen LogP contribution in [0.3, 0.4) is 0 Å². The molecule has 0 aliphatic rings. The fraction of sp³-hybridized carbons (Fsp3) is 0.400. The average molecular weight is 237 g/mol. The van der Waals surface area contributed by atoms with Crippen LogP contribution in [0, 0.1) is 0 Å². The molecule has 80 valence electrons. The molecule has 0 saturated heterocycles. The summed E-state index contributed by atoms with van der Waals surface area (Å²) >= 11 is 0. The number of aromatic nitrogens is 1. The van der Waals surface area contributed by atoms with Gasteiger partial charge in [0.2, 0.25) is 0 Å². The van der Waals surface area contributed by atoms with Gasteiger partial charge in [-0.15, -0.1) is 0 Å². The Hall–Kier alpha value is -0.320. The van der Waals surface area contributed by atoms with Gasteiger partial charge in [-0.05, 0) is 18.6 Å². The molecule has 1 aromatic heterocycles. The third-order valence-electron chi connectivity index (χ3n) is 1.72. The molecular weight excluding hydrogens is 222 g/mol. The number of pyridine rings is 1. The first kappa shape index (κ1) is 14.7. The fourth-order valence-electron chi connectivity index (χ4n) is 0.927. The number of carboxylic acid groups (broad SMARTS) is 1. The van der Waals surface area contributed by atoms with Crippen LogP contribution in [-0.4, -0.2) is 60.4 Å². The van der Waals surface area contributed by atoms with E-state index in [9.17, 15) is 4.79 Å². The van der Waals surface area contributed by atoms with Gasteiger partial charge in [0.05, 0.1) is 12.8 Å². The molecule has 15 heavy (non-hydrogen) atoms. The second-order valence-electron chi connectivity index (χ2n) is 2.89. The summed E-state index contributed by atoms with van der Waals surface area (Å²) in [6.07, 6.45) is 3.49. The molecule has 1 heterocycles. The number of hydrogen-bond donors (Lipinski definition) is 1. The summed E-state index contributed by atoms with van der Waals surface area (Å²) in [5.41, 5.74) is 0.0350. The predicted octanol–water partition coefficient (Wildman–Crippen LogP) is 1.04. The van der Waals surface area contributed by atoms with Gasteiger partial charge in [0.25, 0.3) is 0 Å². The maximum absolute atomic E-state index is 10.5. The quantitative estimate of drug-likeness (QED) is 0.614. The molecule has 4 nitrogen and oxygen atoms in total. The first-order valence-corrected chi connectivity index (χ1v) is 4.56. The molecule has 0 aliphatic carbocycles. The third-order valence-corrected chi connectivity index (χ3v) is 1.72. The van der Waals surface area contributed by atoms with E-state index in [1.165, 1.54) is 12.3 Å². The molecule has 1 rings (SSSR count). The van der Waals surface area contributed by atoms with Gasteiger partial charge in [0.1, 0.15) is 11.4 Å². The fourth-order valence-corrected chi connectivity index (χ4v) is 0.927. The van der Waals surface area contributed by atoms with E-state index in [-0.39, 0.29) is 43.4 Å². The Morgan fingerprint density at radius 3 is 2.73 bits per heavy atom. The van der Waals surface area contributed by atoms with Gasteiger partial charge >= 0.3 is 43.7 Å². The minimum atomic E-state index is -1.02. The number of carbonyl (C=O) groups is 1. The molecule has 0 saturated carbocycles. The van der Waals surface area contributed by atoms with Crippen molar-refractivity contribution in [1.29, 1.82) is 0 Å². The molecule has 0 fully saturated rings. The number of nitrogens with zero attached hydrogens (tertiary/aromatic N) is 1. The summed E-state index contributed by atoms with van der Waals surface area (Å²) in [7, 11) is 0. The number of rotatable bonds is 5. The molecule has 1 N–H and O–H groups in total. The second-order valence-corrected chi connectivity index (χ2v) is 2.89. The Morgan fingerprint density at radius 1 is 1.53 bits per heavy atom. The molecule has 0 aromatic carbocycles. The van der Waals surface area contributed by atoms with Gasteiger partial charge in [-0.1, -0.05) is 13.3 Å². The van der Waals surface area contributed by atoms with Crippen molar-refractivity contribution < 1.29 is 14.6 Å². The van der Waals surface area contributed by atoms with Crippen molar-refractivity contribution in [2.75, 3.05) is 6.61 Å². The Labute approximate surface area is 119 Å². The summed E-state index contributed by atoms with van der Waals surface area (Å²) in [4.78, 5) is 14.2. The maximum atomic E-state index is 10.5. The molecule has 0 unspecified atom stereocenters. The first-order valence-electron chi connectivity index (χ1n) is 4.56. The first-order chi connectivity index (χ1) is 6.74. The average Bonchev–Trinajstić information content (AvgIpc) is 2.19. The zero-order valence-electron chi connectivity index (χ0n) is 8.06. The third kappa shape index (κ3) is 5.35. The molecule has 0 bridgehead atoms. The topological polar surface area (TPSA) is 59.4 Å². The summed E-state index contributed by atoms with van der Waals surface area (Å²) < 4.78 is 5.33. The van der Waals surface area contributed by atoms with E-state index in [4.69, 9.17) is 9.84 Å². The number of unbranched alkanes of at least 4 members (excludes halogenated alkanes) is 1. The van der Waals surface area contributed by atoms with Crippen molar-refractivity contribution in [2.45, 2.75) is 19.8 Å². The Bertz CT molecular complexity index is 300. The molecule has 5 heteroatoms. The van der Waals surface area contributed by atoms with Crippen LogP contribution in [0.2, 0.25) is 0 Å². The number of ether oxygens (including phenoxy) is 1. The van der Waals surface area contributed by atoms with Gasteiger partial charge in [0, 0.05) is 0 Å². The van der Waals surface area contributed by atoms with Crippen molar-refractivity contribution in [1.82, 2.24) is 4.98 Å². The summed E-state index contributed by atoms with van der Waals surface area (Å²) in [5.74, 6) is -0.409. The van der Waals surface area contributed by atoms with Gasteiger partial charge in [0.15, 0.2) is 0 Å². The molecule has 0 spiro atoms. The zero-order chi connectivity index (χ0) is 10.4. The second kappa shape index (κ2) is 7.91. The van der Waals surface area contributed by atoms with E-state index in [1.54, 1.807) is 6.07 Å². The van der Waals surface area contributed by atoms with Gasteiger partial charge in [-0.25, -0.2) is 9.78 Å². The molecular formula is C10H15CaNO3. The minimum absolute atomic E-state index is 0. The van der Waals surface area contributed by atoms with Crippen LogP contribution >= 0.6 is 0 Å². The standard InChI is InChI=1S/C10H13NO3.Ca.2H/c1-2-3-6-14-8-4-5-9(10(12)13)11-7-8;;;/h4-5,7H,2-3,6H2,1H3,(H,12,13);;;. The van der Waals surface area contributed by atoms with Gasteiger partial charge < -0.3 is 9.84 Å². The van der Waals surface area contributed by atoms with Crippen LogP contribution in [0.1, 0.15) is 30.3 Å². The number of hydrogen-bond acceptors (Lipinski definition) is 3. The van der Waals surface area contributed by atoms with Crippen LogP contribution in [-0.2, 0) is 0 Å². The SMILES string of the molecule is CCCCOc1ccc(C(=O)O)nc1.[CaH2]. The Balaban J connectivity index is 0.00000196. The molecule has 1 aromatic rings. The van der Waals surface area contributed by atoms with E-state index in [0.717, 1.165) is 12.8 Å². The van der Waals surface area contributed by atoms with E-state index in [2.05, 4.69) is 11.9 Å². The van der Waals surface area contributed by atoms with E-state index in [0.29, 0.717) is 12.4 Å². The molecule has 0 amide bonds. The molecule has 0 aliphatic heterocycles. The Kier molecular flexibility index (Phi) is 7.74. The monoisotopic (exact) mass is 237 g/mol. The van der Waals surface area contributed by atoms with Crippen LogP contribution in [0.4, 0.5) is 0 Å².